The molecule has 0 unspecified atom stereocenters. The minimum atomic E-state index is -0.994. The van der Waals surface area contributed by atoms with Crippen LogP contribution in [-0.2, 0) is 22.7 Å². The van der Waals surface area contributed by atoms with Gasteiger partial charge in [0, 0.05) is 12.1 Å². The second-order valence-electron chi connectivity index (χ2n) is 6.94. The number of hydrogen-bond acceptors (Lipinski definition) is 6. The summed E-state index contributed by atoms with van der Waals surface area (Å²) in [7, 11) is 0. The summed E-state index contributed by atoms with van der Waals surface area (Å²) in [5.41, 5.74) is 1.91. The van der Waals surface area contributed by atoms with E-state index >= 15 is 0 Å². The first-order valence-electron chi connectivity index (χ1n) is 10.3. The molecule has 6 nitrogen and oxygen atoms in total. The van der Waals surface area contributed by atoms with Crippen LogP contribution in [0.15, 0.2) is 84.6 Å². The first-order chi connectivity index (χ1) is 16.0. The van der Waals surface area contributed by atoms with Crippen molar-refractivity contribution in [1.82, 2.24) is 0 Å². The summed E-state index contributed by atoms with van der Waals surface area (Å²) in [4.78, 5) is 24.5. The largest absolute Gasteiger partial charge is 0.502 e. The van der Waals surface area contributed by atoms with E-state index in [-0.39, 0.29) is 36.2 Å². The van der Waals surface area contributed by atoms with Gasteiger partial charge in [-0.1, -0.05) is 72.3 Å². The van der Waals surface area contributed by atoms with Crippen molar-refractivity contribution in [3.8, 4) is 11.5 Å². The smallest absolute Gasteiger partial charge is 0.373 e. The van der Waals surface area contributed by atoms with Crippen molar-refractivity contribution in [3.63, 3.8) is 0 Å². The highest BCUT2D eigenvalue weighted by Gasteiger charge is 2.19. The lowest BCUT2D eigenvalue weighted by molar-refractivity contribution is -0.141. The van der Waals surface area contributed by atoms with Crippen molar-refractivity contribution in [3.05, 3.63) is 106 Å². The molecule has 0 aliphatic carbocycles. The summed E-state index contributed by atoms with van der Waals surface area (Å²) >= 11 is 6.37. The Morgan fingerprint density at radius 1 is 0.879 bits per heavy atom. The molecule has 0 saturated heterocycles. The maximum Gasteiger partial charge on any atom is 0.373 e. The highest BCUT2D eigenvalue weighted by Crippen LogP contribution is 2.34. The SMILES string of the molecule is CCOC(=O)C(O)=CC(=O)c1cc(Cl)c(OCc2ccccc2)cc1OCc1ccccc1. The number of carbonyl (C=O) groups excluding carboxylic acids is 2. The fourth-order valence-electron chi connectivity index (χ4n) is 2.89. The van der Waals surface area contributed by atoms with Crippen LogP contribution in [0.25, 0.3) is 0 Å². The van der Waals surface area contributed by atoms with E-state index in [1.165, 1.54) is 12.1 Å². The molecule has 0 aromatic heterocycles. The molecule has 0 aliphatic heterocycles. The van der Waals surface area contributed by atoms with Gasteiger partial charge >= 0.3 is 5.97 Å². The predicted molar refractivity (Wildman–Crippen MR) is 125 cm³/mol. The van der Waals surface area contributed by atoms with Gasteiger partial charge in [-0.05, 0) is 24.1 Å². The molecule has 0 bridgehead atoms. The number of rotatable bonds is 10. The van der Waals surface area contributed by atoms with Gasteiger partial charge in [0.15, 0.2) is 5.78 Å². The fourth-order valence-corrected chi connectivity index (χ4v) is 3.11. The second kappa shape index (κ2) is 11.7. The van der Waals surface area contributed by atoms with Gasteiger partial charge in [0.05, 0.1) is 17.2 Å². The topological polar surface area (TPSA) is 82.1 Å². The Hall–Kier alpha value is -3.77. The molecule has 0 atom stereocenters. The zero-order valence-electron chi connectivity index (χ0n) is 18.0. The first-order valence-corrected chi connectivity index (χ1v) is 10.6. The van der Waals surface area contributed by atoms with E-state index in [1.807, 2.05) is 60.7 Å². The molecular weight excluding hydrogens is 444 g/mol. The maximum atomic E-state index is 12.8. The first kappa shape index (κ1) is 23.9. The van der Waals surface area contributed by atoms with Crippen LogP contribution in [0, 0.1) is 0 Å². The lowest BCUT2D eigenvalue weighted by Crippen LogP contribution is -2.10. The van der Waals surface area contributed by atoms with E-state index in [2.05, 4.69) is 0 Å². The van der Waals surface area contributed by atoms with Crippen molar-refractivity contribution >= 4 is 23.4 Å². The van der Waals surface area contributed by atoms with Crippen LogP contribution in [0.2, 0.25) is 5.02 Å². The normalized spacial score (nSPS) is 11.0. The lowest BCUT2D eigenvalue weighted by atomic mass is 10.1. The van der Waals surface area contributed by atoms with E-state index in [4.69, 9.17) is 25.8 Å². The van der Waals surface area contributed by atoms with E-state index in [0.29, 0.717) is 5.75 Å². The molecule has 0 radical (unpaired) electrons. The van der Waals surface area contributed by atoms with Gasteiger partial charge in [-0.25, -0.2) is 4.79 Å². The standard InChI is InChI=1S/C26H23ClO6/c1-2-31-26(30)23(29)14-22(28)20-13-21(27)25(33-17-19-11-7-4-8-12-19)15-24(20)32-16-18-9-5-3-6-10-18/h3-15,29H,2,16-17H2,1H3. The van der Waals surface area contributed by atoms with Gasteiger partial charge in [0.1, 0.15) is 24.7 Å². The third-order valence-corrected chi connectivity index (χ3v) is 4.82. The van der Waals surface area contributed by atoms with E-state index in [1.54, 1.807) is 6.92 Å². The summed E-state index contributed by atoms with van der Waals surface area (Å²) in [6.45, 7) is 2.12. The van der Waals surface area contributed by atoms with E-state index in [9.17, 15) is 14.7 Å². The van der Waals surface area contributed by atoms with Crippen LogP contribution >= 0.6 is 11.6 Å². The summed E-state index contributed by atoms with van der Waals surface area (Å²) < 4.78 is 16.4. The zero-order valence-corrected chi connectivity index (χ0v) is 18.7. The Kier molecular flexibility index (Phi) is 8.49. The number of benzene rings is 3. The molecule has 33 heavy (non-hydrogen) atoms. The highest BCUT2D eigenvalue weighted by molar-refractivity contribution is 6.32. The van der Waals surface area contributed by atoms with Crippen molar-refractivity contribution < 1.29 is 28.9 Å². The third-order valence-electron chi connectivity index (χ3n) is 4.53. The average Bonchev–Trinajstić information content (AvgIpc) is 2.83. The Morgan fingerprint density at radius 2 is 1.42 bits per heavy atom. The van der Waals surface area contributed by atoms with Crippen molar-refractivity contribution in [1.29, 1.82) is 0 Å². The highest BCUT2D eigenvalue weighted by atomic mass is 35.5. The Labute approximate surface area is 197 Å². The molecular formula is C26H23ClO6. The van der Waals surface area contributed by atoms with Gasteiger partial charge < -0.3 is 19.3 Å². The summed E-state index contributed by atoms with van der Waals surface area (Å²) in [5, 5.41) is 10.1. The van der Waals surface area contributed by atoms with Gasteiger partial charge in [0.25, 0.3) is 0 Å². The van der Waals surface area contributed by atoms with E-state index < -0.39 is 17.5 Å². The minimum absolute atomic E-state index is 0.0651. The molecule has 0 amide bonds. The number of aliphatic hydroxyl groups is 1. The van der Waals surface area contributed by atoms with Crippen LogP contribution < -0.4 is 9.47 Å². The molecule has 0 spiro atoms. The summed E-state index contributed by atoms with van der Waals surface area (Å²) in [6.07, 6.45) is 0.781. The van der Waals surface area contributed by atoms with Crippen LogP contribution in [0.5, 0.6) is 11.5 Å². The molecule has 170 valence electrons. The Balaban J connectivity index is 1.89. The molecule has 0 fully saturated rings. The molecule has 3 aromatic rings. The molecule has 0 saturated carbocycles. The van der Waals surface area contributed by atoms with Crippen molar-refractivity contribution in [2.45, 2.75) is 20.1 Å². The third kappa shape index (κ3) is 6.85. The van der Waals surface area contributed by atoms with Crippen LogP contribution in [-0.4, -0.2) is 23.5 Å². The Bertz CT molecular complexity index is 1130. The van der Waals surface area contributed by atoms with Crippen molar-refractivity contribution in [2.75, 3.05) is 6.61 Å². The zero-order chi connectivity index (χ0) is 23.6. The number of esters is 1. The van der Waals surface area contributed by atoms with Gasteiger partial charge in [-0.15, -0.1) is 0 Å². The summed E-state index contributed by atoms with van der Waals surface area (Å²) in [5.74, 6) is -1.94. The predicted octanol–water partition coefficient (Wildman–Crippen LogP) is 5.69. The number of ketones is 1. The molecule has 1 N–H and O–H groups in total. The molecule has 3 aromatic carbocycles. The van der Waals surface area contributed by atoms with Crippen molar-refractivity contribution in [2.24, 2.45) is 0 Å². The molecule has 3 rings (SSSR count). The van der Waals surface area contributed by atoms with Gasteiger partial charge in [0.2, 0.25) is 5.76 Å². The van der Waals surface area contributed by atoms with Crippen LogP contribution in [0.1, 0.15) is 28.4 Å². The number of carbonyl (C=O) groups is 2. The number of halogens is 1. The maximum absolute atomic E-state index is 12.8. The molecule has 7 heteroatoms. The van der Waals surface area contributed by atoms with E-state index in [0.717, 1.165) is 17.2 Å². The Morgan fingerprint density at radius 3 is 1.97 bits per heavy atom. The lowest BCUT2D eigenvalue weighted by Gasteiger charge is -2.15. The summed E-state index contributed by atoms with van der Waals surface area (Å²) in [6, 6.07) is 21.9. The van der Waals surface area contributed by atoms with Crippen LogP contribution in [0.3, 0.4) is 0 Å². The number of allylic oxidation sites excluding steroid dienone is 1. The second-order valence-corrected chi connectivity index (χ2v) is 7.35. The van der Waals surface area contributed by atoms with Crippen LogP contribution in [0.4, 0.5) is 0 Å². The average molecular weight is 467 g/mol. The van der Waals surface area contributed by atoms with Gasteiger partial charge in [-0.2, -0.15) is 0 Å². The number of ether oxygens (including phenoxy) is 3. The van der Waals surface area contributed by atoms with Gasteiger partial charge in [-0.3, -0.25) is 4.79 Å². The monoisotopic (exact) mass is 466 g/mol. The molecule has 0 aliphatic rings. The fraction of sp³-hybridized carbons (Fsp3) is 0.154. The number of aliphatic hydroxyl groups excluding tert-OH is 1. The quantitative estimate of drug-likeness (QED) is 0.179. The number of hydrogen-bond donors (Lipinski definition) is 1. The molecule has 0 heterocycles. The minimum Gasteiger partial charge on any atom is -0.502 e.